The lowest BCUT2D eigenvalue weighted by Gasteiger charge is -2.05. The van der Waals surface area contributed by atoms with Crippen LogP contribution in [0.4, 0.5) is 5.69 Å². The molecule has 6 nitrogen and oxygen atoms in total. The highest BCUT2D eigenvalue weighted by Gasteiger charge is 2.09. The summed E-state index contributed by atoms with van der Waals surface area (Å²) in [7, 11) is 0. The Kier molecular flexibility index (Phi) is 5.53. The molecular weight excluding hydrogens is 372 g/mol. The van der Waals surface area contributed by atoms with E-state index in [0.717, 1.165) is 22.2 Å². The van der Waals surface area contributed by atoms with E-state index in [0.29, 0.717) is 17.6 Å². The van der Waals surface area contributed by atoms with E-state index in [9.17, 15) is 4.79 Å². The van der Waals surface area contributed by atoms with Crippen LogP contribution in [0.25, 0.3) is 10.8 Å². The topological polar surface area (TPSA) is 79.9 Å². The molecule has 0 aliphatic carbocycles. The summed E-state index contributed by atoms with van der Waals surface area (Å²) < 4.78 is 5.62. The van der Waals surface area contributed by atoms with Crippen molar-refractivity contribution in [3.8, 4) is 5.75 Å². The number of amides is 1. The Labute approximate surface area is 166 Å². The molecule has 4 aromatic rings. The zero-order chi connectivity index (χ0) is 19.2. The summed E-state index contributed by atoms with van der Waals surface area (Å²) in [5.74, 6) is 1.50. The van der Waals surface area contributed by atoms with E-state index in [1.807, 2.05) is 72.8 Å². The zero-order valence-electron chi connectivity index (χ0n) is 15.0. The summed E-state index contributed by atoms with van der Waals surface area (Å²) >= 11 is 1.27. The van der Waals surface area contributed by atoms with Gasteiger partial charge in [-0.25, -0.2) is 4.98 Å². The molecule has 0 atom stereocenters. The first kappa shape index (κ1) is 18.1. The molecule has 0 radical (unpaired) electrons. The number of aromatic amines is 1. The predicted octanol–water partition coefficient (Wildman–Crippen LogP) is 4.27. The number of ether oxygens (including phenoxy) is 1. The Hall–Kier alpha value is -3.32. The number of carbonyl (C=O) groups is 1. The largest absolute Gasteiger partial charge is 0.486 e. The molecule has 0 aliphatic heterocycles. The van der Waals surface area contributed by atoms with E-state index in [2.05, 4.69) is 20.5 Å². The highest BCUT2D eigenvalue weighted by atomic mass is 32.2. The summed E-state index contributed by atoms with van der Waals surface area (Å²) in [6, 6.07) is 23.4. The molecule has 140 valence electrons. The average molecular weight is 390 g/mol. The number of rotatable bonds is 7. The van der Waals surface area contributed by atoms with E-state index >= 15 is 0 Å². The Morgan fingerprint density at radius 1 is 1.00 bits per heavy atom. The fourth-order valence-corrected chi connectivity index (χ4v) is 3.29. The molecule has 4 rings (SSSR count). The normalized spacial score (nSPS) is 10.7. The Morgan fingerprint density at radius 2 is 1.79 bits per heavy atom. The van der Waals surface area contributed by atoms with Gasteiger partial charge in [0.05, 0.1) is 5.75 Å². The predicted molar refractivity (Wildman–Crippen MR) is 110 cm³/mol. The fraction of sp³-hybridized carbons (Fsp3) is 0.0952. The van der Waals surface area contributed by atoms with Crippen molar-refractivity contribution in [2.45, 2.75) is 11.8 Å². The molecule has 1 amide bonds. The Balaban J connectivity index is 1.28. The maximum absolute atomic E-state index is 12.2. The molecule has 1 aromatic heterocycles. The first-order valence-electron chi connectivity index (χ1n) is 8.77. The van der Waals surface area contributed by atoms with Gasteiger partial charge in [-0.1, -0.05) is 60.3 Å². The van der Waals surface area contributed by atoms with Crippen LogP contribution >= 0.6 is 11.8 Å². The highest BCUT2D eigenvalue weighted by Crippen LogP contribution is 2.20. The van der Waals surface area contributed by atoms with E-state index < -0.39 is 0 Å². The van der Waals surface area contributed by atoms with Crippen molar-refractivity contribution >= 4 is 34.1 Å². The second-order valence-corrected chi connectivity index (χ2v) is 7.01. The SMILES string of the molecule is O=C(CSc1n[nH]c(COc2ccccc2)n1)Nc1ccc2ccccc2c1. The van der Waals surface area contributed by atoms with Gasteiger partial charge in [-0.2, -0.15) is 0 Å². The van der Waals surface area contributed by atoms with Crippen molar-refractivity contribution in [3.63, 3.8) is 0 Å². The van der Waals surface area contributed by atoms with Crippen molar-refractivity contribution in [2.75, 3.05) is 11.1 Å². The number of carbonyl (C=O) groups excluding carboxylic acids is 1. The number of aromatic nitrogens is 3. The Bertz CT molecular complexity index is 1080. The molecule has 3 aromatic carbocycles. The first-order valence-corrected chi connectivity index (χ1v) is 9.75. The maximum atomic E-state index is 12.2. The van der Waals surface area contributed by atoms with Crippen LogP contribution in [-0.4, -0.2) is 26.8 Å². The molecule has 0 saturated carbocycles. The van der Waals surface area contributed by atoms with Crippen LogP contribution in [0, 0.1) is 0 Å². The molecule has 1 heterocycles. The van der Waals surface area contributed by atoms with Crippen LogP contribution in [0.3, 0.4) is 0 Å². The first-order chi connectivity index (χ1) is 13.8. The number of anilines is 1. The smallest absolute Gasteiger partial charge is 0.234 e. The van der Waals surface area contributed by atoms with Crippen LogP contribution in [0.2, 0.25) is 0 Å². The third kappa shape index (κ3) is 4.69. The minimum Gasteiger partial charge on any atom is -0.486 e. The molecule has 0 unspecified atom stereocenters. The molecule has 28 heavy (non-hydrogen) atoms. The molecule has 0 bridgehead atoms. The van der Waals surface area contributed by atoms with Crippen molar-refractivity contribution in [1.82, 2.24) is 15.2 Å². The quantitative estimate of drug-likeness (QED) is 0.461. The Morgan fingerprint density at radius 3 is 2.64 bits per heavy atom. The van der Waals surface area contributed by atoms with Gasteiger partial charge < -0.3 is 10.1 Å². The number of nitrogens with one attached hydrogen (secondary N) is 2. The number of thioether (sulfide) groups is 1. The van der Waals surface area contributed by atoms with Crippen LogP contribution in [0.1, 0.15) is 5.82 Å². The van der Waals surface area contributed by atoms with Gasteiger partial charge in [-0.15, -0.1) is 5.10 Å². The maximum Gasteiger partial charge on any atom is 0.234 e. The van der Waals surface area contributed by atoms with Gasteiger partial charge in [0.1, 0.15) is 12.4 Å². The van der Waals surface area contributed by atoms with Crippen LogP contribution in [-0.2, 0) is 11.4 Å². The number of benzene rings is 3. The minimum atomic E-state index is -0.104. The van der Waals surface area contributed by atoms with Gasteiger partial charge in [0, 0.05) is 5.69 Å². The second-order valence-electron chi connectivity index (χ2n) is 6.07. The molecule has 0 fully saturated rings. The monoisotopic (exact) mass is 390 g/mol. The van der Waals surface area contributed by atoms with E-state index in [-0.39, 0.29) is 11.7 Å². The van der Waals surface area contributed by atoms with Gasteiger partial charge in [-0.3, -0.25) is 9.89 Å². The van der Waals surface area contributed by atoms with Crippen molar-refractivity contribution in [3.05, 3.63) is 78.6 Å². The molecule has 0 saturated heterocycles. The molecule has 0 spiro atoms. The molecular formula is C21H18N4O2S. The fourth-order valence-electron chi connectivity index (χ4n) is 2.67. The van der Waals surface area contributed by atoms with E-state index in [1.54, 1.807) is 0 Å². The van der Waals surface area contributed by atoms with Gasteiger partial charge in [0.2, 0.25) is 11.1 Å². The van der Waals surface area contributed by atoms with Gasteiger partial charge in [-0.05, 0) is 35.0 Å². The van der Waals surface area contributed by atoms with Gasteiger partial charge >= 0.3 is 0 Å². The molecule has 2 N–H and O–H groups in total. The summed E-state index contributed by atoms with van der Waals surface area (Å²) in [5, 5.41) is 12.6. The van der Waals surface area contributed by atoms with Crippen LogP contribution < -0.4 is 10.1 Å². The van der Waals surface area contributed by atoms with Crippen molar-refractivity contribution < 1.29 is 9.53 Å². The number of H-pyrrole nitrogens is 1. The van der Waals surface area contributed by atoms with E-state index in [1.165, 1.54) is 11.8 Å². The van der Waals surface area contributed by atoms with Crippen LogP contribution in [0.15, 0.2) is 78.0 Å². The zero-order valence-corrected chi connectivity index (χ0v) is 15.8. The summed E-state index contributed by atoms with van der Waals surface area (Å²) in [5.41, 5.74) is 0.774. The highest BCUT2D eigenvalue weighted by molar-refractivity contribution is 7.99. The summed E-state index contributed by atoms with van der Waals surface area (Å²) in [6.45, 7) is 0.293. The lowest BCUT2D eigenvalue weighted by atomic mass is 10.1. The summed E-state index contributed by atoms with van der Waals surface area (Å²) in [4.78, 5) is 16.6. The average Bonchev–Trinajstić information content (AvgIpc) is 3.19. The molecule has 0 aliphatic rings. The number of nitrogens with zero attached hydrogens (tertiary/aromatic N) is 2. The van der Waals surface area contributed by atoms with Crippen LogP contribution in [0.5, 0.6) is 5.75 Å². The second kappa shape index (κ2) is 8.58. The van der Waals surface area contributed by atoms with Gasteiger partial charge in [0.25, 0.3) is 0 Å². The minimum absolute atomic E-state index is 0.104. The van der Waals surface area contributed by atoms with E-state index in [4.69, 9.17) is 4.74 Å². The lowest BCUT2D eigenvalue weighted by Crippen LogP contribution is -2.14. The standard InChI is InChI=1S/C21H18N4O2S/c26-20(22-17-11-10-15-6-4-5-7-16(15)12-17)14-28-21-23-19(24-25-21)13-27-18-8-2-1-3-9-18/h1-12H,13-14H2,(H,22,26)(H,23,24,25). The molecule has 7 heteroatoms. The number of hydrogen-bond donors (Lipinski definition) is 2. The van der Waals surface area contributed by atoms with Crippen molar-refractivity contribution in [1.29, 1.82) is 0 Å². The lowest BCUT2D eigenvalue weighted by molar-refractivity contribution is -0.113. The number of hydrogen-bond acceptors (Lipinski definition) is 5. The third-order valence-electron chi connectivity index (χ3n) is 4.00. The number of fused-ring (bicyclic) bond motifs is 1. The van der Waals surface area contributed by atoms with Gasteiger partial charge in [0.15, 0.2) is 5.82 Å². The summed E-state index contributed by atoms with van der Waals surface area (Å²) in [6.07, 6.45) is 0. The third-order valence-corrected chi connectivity index (χ3v) is 4.84. The number of para-hydroxylation sites is 1. The van der Waals surface area contributed by atoms with Crippen molar-refractivity contribution in [2.24, 2.45) is 0 Å².